The second-order valence-electron chi connectivity index (χ2n) is 6.47. The first-order valence-corrected chi connectivity index (χ1v) is 8.24. The molecule has 1 unspecified atom stereocenters. The molecule has 0 radical (unpaired) electrons. The molecule has 2 aromatic rings. The van der Waals surface area contributed by atoms with Crippen LogP contribution in [0.3, 0.4) is 0 Å². The van der Waals surface area contributed by atoms with E-state index in [0.717, 1.165) is 38.2 Å². The van der Waals surface area contributed by atoms with Crippen LogP contribution in [0.15, 0.2) is 24.8 Å². The number of nitrogens with zero attached hydrogens (tertiary/aromatic N) is 4. The molecule has 1 saturated carbocycles. The van der Waals surface area contributed by atoms with E-state index in [0.29, 0.717) is 18.2 Å². The van der Waals surface area contributed by atoms with Crippen molar-refractivity contribution in [2.75, 3.05) is 5.32 Å². The normalized spacial score (nSPS) is 17.0. The monoisotopic (exact) mass is 355 g/mol. The fourth-order valence-electron chi connectivity index (χ4n) is 3.27. The van der Waals surface area contributed by atoms with Gasteiger partial charge in [-0.25, -0.2) is 4.98 Å². The molecule has 1 aliphatic carbocycles. The van der Waals surface area contributed by atoms with E-state index in [1.54, 1.807) is 24.0 Å². The fourth-order valence-corrected chi connectivity index (χ4v) is 3.27. The summed E-state index contributed by atoms with van der Waals surface area (Å²) in [6.45, 7) is 0. The van der Waals surface area contributed by atoms with E-state index in [4.69, 9.17) is 0 Å². The van der Waals surface area contributed by atoms with E-state index < -0.39 is 17.9 Å². The average molecular weight is 355 g/mol. The molecule has 0 spiro atoms. The number of halogens is 3. The van der Waals surface area contributed by atoms with Crippen LogP contribution >= 0.6 is 0 Å². The molecular weight excluding hydrogens is 335 g/mol. The molecule has 136 valence electrons. The number of imidazole rings is 1. The number of aryl methyl sites for hydroxylation is 1. The summed E-state index contributed by atoms with van der Waals surface area (Å²) >= 11 is 0. The van der Waals surface area contributed by atoms with Crippen LogP contribution in [0, 0.1) is 5.92 Å². The molecule has 1 fully saturated rings. The minimum atomic E-state index is -4.53. The van der Waals surface area contributed by atoms with Gasteiger partial charge in [-0.05, 0) is 12.3 Å². The molecule has 0 saturated heterocycles. The third-order valence-corrected chi connectivity index (χ3v) is 4.55. The predicted molar refractivity (Wildman–Crippen MR) is 84.7 cm³/mol. The van der Waals surface area contributed by atoms with Gasteiger partial charge in [-0.3, -0.25) is 9.48 Å². The Kier molecular flexibility index (Phi) is 4.82. The highest BCUT2D eigenvalue weighted by Gasteiger charge is 2.35. The van der Waals surface area contributed by atoms with Gasteiger partial charge in [-0.15, -0.1) is 0 Å². The van der Waals surface area contributed by atoms with Crippen molar-refractivity contribution in [1.29, 1.82) is 0 Å². The zero-order chi connectivity index (χ0) is 18.0. The first-order valence-electron chi connectivity index (χ1n) is 8.24. The molecule has 6 nitrogen and oxygen atoms in total. The van der Waals surface area contributed by atoms with E-state index >= 15 is 0 Å². The van der Waals surface area contributed by atoms with E-state index in [9.17, 15) is 18.0 Å². The first-order chi connectivity index (χ1) is 11.8. The van der Waals surface area contributed by atoms with Gasteiger partial charge in [-0.2, -0.15) is 18.3 Å². The Morgan fingerprint density at radius 3 is 2.68 bits per heavy atom. The highest BCUT2D eigenvalue weighted by molar-refractivity contribution is 5.92. The van der Waals surface area contributed by atoms with Crippen LogP contribution in [0.25, 0.3) is 0 Å². The molecule has 0 aliphatic heterocycles. The Labute approximate surface area is 143 Å². The van der Waals surface area contributed by atoms with Crippen LogP contribution in [0.1, 0.15) is 43.8 Å². The lowest BCUT2D eigenvalue weighted by Crippen LogP contribution is -2.27. The zero-order valence-electron chi connectivity index (χ0n) is 13.8. The summed E-state index contributed by atoms with van der Waals surface area (Å²) in [5.74, 6) is 0.327. The van der Waals surface area contributed by atoms with Crippen LogP contribution in [0.5, 0.6) is 0 Å². The lowest BCUT2D eigenvalue weighted by Gasteiger charge is -2.21. The maximum atomic E-state index is 12.8. The van der Waals surface area contributed by atoms with E-state index in [-0.39, 0.29) is 5.91 Å². The van der Waals surface area contributed by atoms with Crippen molar-refractivity contribution in [2.24, 2.45) is 13.0 Å². The van der Waals surface area contributed by atoms with Gasteiger partial charge in [0.2, 0.25) is 5.91 Å². The molecule has 1 N–H and O–H groups in total. The van der Waals surface area contributed by atoms with E-state index in [2.05, 4.69) is 15.4 Å². The second kappa shape index (κ2) is 6.89. The molecule has 0 bridgehead atoms. The summed E-state index contributed by atoms with van der Waals surface area (Å²) in [6, 6.07) is 0.897. The van der Waals surface area contributed by atoms with Crippen molar-refractivity contribution >= 4 is 11.7 Å². The molecule has 25 heavy (non-hydrogen) atoms. The molecule has 9 heteroatoms. The van der Waals surface area contributed by atoms with Crippen molar-refractivity contribution in [2.45, 2.75) is 44.3 Å². The molecule has 1 atom stereocenters. The number of aromatic nitrogens is 4. The van der Waals surface area contributed by atoms with Crippen LogP contribution in [0.4, 0.5) is 19.0 Å². The van der Waals surface area contributed by atoms with Gasteiger partial charge in [0, 0.05) is 25.5 Å². The number of hydrogen-bond acceptors (Lipinski definition) is 3. The smallest absolute Gasteiger partial charge is 0.324 e. The molecule has 1 aliphatic rings. The highest BCUT2D eigenvalue weighted by Crippen LogP contribution is 2.34. The third kappa shape index (κ3) is 4.21. The number of amides is 1. The number of carbonyl (C=O) groups excluding carboxylic acids is 1. The molecule has 0 aromatic carbocycles. The van der Waals surface area contributed by atoms with Gasteiger partial charge in [0.15, 0.2) is 11.5 Å². The van der Waals surface area contributed by atoms with Crippen molar-refractivity contribution in [3.05, 3.63) is 30.5 Å². The summed E-state index contributed by atoms with van der Waals surface area (Å²) in [4.78, 5) is 16.1. The maximum Gasteiger partial charge on any atom is 0.434 e. The number of carbonyl (C=O) groups is 1. The fraction of sp³-hybridized carbons (Fsp3) is 0.562. The maximum absolute atomic E-state index is 12.8. The second-order valence-corrected chi connectivity index (χ2v) is 6.47. The average Bonchev–Trinajstić information content (AvgIpc) is 3.25. The summed E-state index contributed by atoms with van der Waals surface area (Å²) in [6.07, 6.45) is 3.81. The summed E-state index contributed by atoms with van der Waals surface area (Å²) in [5, 5.41) is 6.77. The SMILES string of the molecule is Cn1ccc(NC(=O)C(CC2CCCC2)n2cnc(C(F)(F)F)c2)n1. The Bertz CT molecular complexity index is 730. The van der Waals surface area contributed by atoms with Gasteiger partial charge in [0.05, 0.1) is 6.33 Å². The third-order valence-electron chi connectivity index (χ3n) is 4.55. The van der Waals surface area contributed by atoms with Gasteiger partial charge in [-0.1, -0.05) is 25.7 Å². The summed E-state index contributed by atoms with van der Waals surface area (Å²) in [5.41, 5.74) is -0.991. The molecular formula is C16H20F3N5O. The molecule has 3 rings (SSSR count). The zero-order valence-corrected chi connectivity index (χ0v) is 13.8. The van der Waals surface area contributed by atoms with Crippen molar-refractivity contribution < 1.29 is 18.0 Å². The highest BCUT2D eigenvalue weighted by atomic mass is 19.4. The summed E-state index contributed by atoms with van der Waals surface area (Å²) in [7, 11) is 1.72. The van der Waals surface area contributed by atoms with Crippen LogP contribution in [0.2, 0.25) is 0 Å². The largest absolute Gasteiger partial charge is 0.434 e. The van der Waals surface area contributed by atoms with Crippen molar-refractivity contribution in [3.63, 3.8) is 0 Å². The number of alkyl halides is 3. The van der Waals surface area contributed by atoms with Gasteiger partial charge in [0.25, 0.3) is 0 Å². The van der Waals surface area contributed by atoms with E-state index in [1.807, 2.05) is 0 Å². The predicted octanol–water partition coefficient (Wildman–Crippen LogP) is 3.40. The van der Waals surface area contributed by atoms with Crippen LogP contribution < -0.4 is 5.32 Å². The Morgan fingerprint density at radius 2 is 2.12 bits per heavy atom. The minimum absolute atomic E-state index is 0.330. The summed E-state index contributed by atoms with van der Waals surface area (Å²) < 4.78 is 41.3. The van der Waals surface area contributed by atoms with Crippen molar-refractivity contribution in [3.8, 4) is 0 Å². The Morgan fingerprint density at radius 1 is 1.40 bits per heavy atom. The molecule has 1 amide bonds. The topological polar surface area (TPSA) is 64.7 Å². The van der Waals surface area contributed by atoms with Gasteiger partial charge in [0.1, 0.15) is 6.04 Å². The molecule has 2 aromatic heterocycles. The Hall–Kier alpha value is -2.32. The van der Waals surface area contributed by atoms with Crippen molar-refractivity contribution in [1.82, 2.24) is 19.3 Å². The van der Waals surface area contributed by atoms with Crippen LogP contribution in [-0.4, -0.2) is 25.2 Å². The number of hydrogen-bond donors (Lipinski definition) is 1. The number of anilines is 1. The molecule has 2 heterocycles. The van der Waals surface area contributed by atoms with Crippen LogP contribution in [-0.2, 0) is 18.0 Å². The Balaban J connectivity index is 1.80. The lowest BCUT2D eigenvalue weighted by molar-refractivity contribution is -0.141. The lowest BCUT2D eigenvalue weighted by atomic mass is 9.97. The first kappa shape index (κ1) is 17.5. The quantitative estimate of drug-likeness (QED) is 0.894. The number of rotatable bonds is 5. The van der Waals surface area contributed by atoms with E-state index in [1.165, 1.54) is 4.57 Å². The van der Waals surface area contributed by atoms with Gasteiger partial charge < -0.3 is 9.88 Å². The minimum Gasteiger partial charge on any atom is -0.324 e. The standard InChI is InChI=1S/C16H20F3N5O/c1-23-7-6-14(22-23)21-15(25)12(8-11-4-2-3-5-11)24-9-13(20-10-24)16(17,18)19/h6-7,9-12H,2-5,8H2,1H3,(H,21,22,25). The number of nitrogens with one attached hydrogen (secondary N) is 1. The van der Waals surface area contributed by atoms with Gasteiger partial charge >= 0.3 is 6.18 Å².